The van der Waals surface area contributed by atoms with Crippen molar-refractivity contribution in [2.75, 3.05) is 12.3 Å². The third-order valence-electron chi connectivity index (χ3n) is 1.84. The van der Waals surface area contributed by atoms with E-state index in [0.29, 0.717) is 12.5 Å². The first-order valence-electron chi connectivity index (χ1n) is 4.10. The van der Waals surface area contributed by atoms with Crippen molar-refractivity contribution in [1.82, 2.24) is 15.2 Å². The molecule has 1 aromatic rings. The summed E-state index contributed by atoms with van der Waals surface area (Å²) in [5.41, 5.74) is 5.22. The van der Waals surface area contributed by atoms with Gasteiger partial charge in [-0.25, -0.2) is 4.79 Å². The largest absolute Gasteiger partial charge is 0.460 e. The molecule has 13 heavy (non-hydrogen) atoms. The number of rotatable bonds is 3. The lowest BCUT2D eigenvalue weighted by atomic mass is 10.5. The van der Waals surface area contributed by atoms with Crippen molar-refractivity contribution < 1.29 is 9.53 Å². The maximum Gasteiger partial charge on any atom is 0.375 e. The van der Waals surface area contributed by atoms with Gasteiger partial charge in [-0.2, -0.15) is 4.98 Å². The van der Waals surface area contributed by atoms with Crippen LogP contribution in [0.3, 0.4) is 0 Å². The third kappa shape index (κ3) is 1.95. The molecule has 70 valence electrons. The van der Waals surface area contributed by atoms with Crippen LogP contribution in [0.5, 0.6) is 0 Å². The van der Waals surface area contributed by atoms with Crippen LogP contribution >= 0.6 is 0 Å². The van der Waals surface area contributed by atoms with Crippen LogP contribution < -0.4 is 5.73 Å². The quantitative estimate of drug-likeness (QED) is 0.639. The van der Waals surface area contributed by atoms with E-state index < -0.39 is 5.97 Å². The molecule has 1 aliphatic carbocycles. The Balaban J connectivity index is 1.88. The first-order valence-corrected chi connectivity index (χ1v) is 4.10. The lowest BCUT2D eigenvalue weighted by molar-refractivity contribution is 0.0472. The van der Waals surface area contributed by atoms with Gasteiger partial charge in [0.05, 0.1) is 6.61 Å². The maximum atomic E-state index is 11.2. The predicted molar refractivity (Wildman–Crippen MR) is 43.8 cm³/mol. The zero-order valence-electron chi connectivity index (χ0n) is 6.99. The van der Waals surface area contributed by atoms with Crippen LogP contribution in [0, 0.1) is 5.92 Å². The number of aromatic amines is 1. The molecule has 0 aromatic carbocycles. The van der Waals surface area contributed by atoms with Crippen molar-refractivity contribution in [3.8, 4) is 0 Å². The number of ether oxygens (including phenoxy) is 1. The van der Waals surface area contributed by atoms with E-state index in [4.69, 9.17) is 10.5 Å². The fourth-order valence-corrected chi connectivity index (χ4v) is 0.912. The van der Waals surface area contributed by atoms with Gasteiger partial charge in [-0.1, -0.05) is 0 Å². The lowest BCUT2D eigenvalue weighted by Crippen LogP contribution is -2.09. The van der Waals surface area contributed by atoms with Crippen molar-refractivity contribution >= 4 is 11.9 Å². The van der Waals surface area contributed by atoms with Gasteiger partial charge in [0.2, 0.25) is 11.8 Å². The number of hydrogen-bond acceptors (Lipinski definition) is 5. The van der Waals surface area contributed by atoms with Crippen molar-refractivity contribution in [2.45, 2.75) is 12.8 Å². The average Bonchev–Trinajstić information content (AvgIpc) is 2.84. The highest BCUT2D eigenvalue weighted by Crippen LogP contribution is 2.28. The summed E-state index contributed by atoms with van der Waals surface area (Å²) in [6.07, 6.45) is 2.29. The van der Waals surface area contributed by atoms with E-state index in [-0.39, 0.29) is 11.8 Å². The molecule has 0 bridgehead atoms. The first-order chi connectivity index (χ1) is 6.25. The van der Waals surface area contributed by atoms with Crippen molar-refractivity contribution in [2.24, 2.45) is 5.92 Å². The summed E-state index contributed by atoms with van der Waals surface area (Å²) in [5, 5.41) is 5.91. The molecule has 0 amide bonds. The van der Waals surface area contributed by atoms with E-state index in [9.17, 15) is 4.79 Å². The van der Waals surface area contributed by atoms with E-state index in [1.165, 1.54) is 0 Å². The minimum Gasteiger partial charge on any atom is -0.460 e. The second-order valence-corrected chi connectivity index (χ2v) is 3.08. The highest BCUT2D eigenvalue weighted by atomic mass is 16.5. The maximum absolute atomic E-state index is 11.2. The highest BCUT2D eigenvalue weighted by Gasteiger charge is 2.24. The fourth-order valence-electron chi connectivity index (χ4n) is 0.912. The molecule has 6 nitrogen and oxygen atoms in total. The van der Waals surface area contributed by atoms with Crippen molar-refractivity contribution in [3.05, 3.63) is 5.82 Å². The number of H-pyrrole nitrogens is 1. The van der Waals surface area contributed by atoms with Crippen LogP contribution in [0.1, 0.15) is 23.5 Å². The second-order valence-electron chi connectivity index (χ2n) is 3.08. The number of aromatic nitrogens is 3. The molecule has 0 spiro atoms. The highest BCUT2D eigenvalue weighted by molar-refractivity contribution is 5.85. The van der Waals surface area contributed by atoms with E-state index in [2.05, 4.69) is 15.2 Å². The topological polar surface area (TPSA) is 93.9 Å². The van der Waals surface area contributed by atoms with Gasteiger partial charge in [0, 0.05) is 0 Å². The number of carbonyl (C=O) groups excluding carboxylic acids is 1. The Morgan fingerprint density at radius 3 is 3.00 bits per heavy atom. The number of hydrogen-bond donors (Lipinski definition) is 2. The van der Waals surface area contributed by atoms with Crippen LogP contribution in [0.15, 0.2) is 0 Å². The van der Waals surface area contributed by atoms with Crippen molar-refractivity contribution in [3.63, 3.8) is 0 Å². The van der Waals surface area contributed by atoms with E-state index in [0.717, 1.165) is 12.8 Å². The SMILES string of the molecule is Nc1n[nH]c(C(=O)OCC2CC2)n1. The van der Waals surface area contributed by atoms with Gasteiger partial charge in [-0.3, -0.25) is 5.10 Å². The van der Waals surface area contributed by atoms with Crippen LogP contribution in [-0.2, 0) is 4.74 Å². The molecular weight excluding hydrogens is 172 g/mol. The summed E-state index contributed by atoms with van der Waals surface area (Å²) >= 11 is 0. The van der Waals surface area contributed by atoms with Gasteiger partial charge in [-0.15, -0.1) is 5.10 Å². The molecule has 0 radical (unpaired) electrons. The number of nitrogens with one attached hydrogen (secondary N) is 1. The molecule has 2 rings (SSSR count). The molecular formula is C7H10N4O2. The number of carbonyl (C=O) groups is 1. The van der Waals surface area contributed by atoms with E-state index in [1.807, 2.05) is 0 Å². The molecule has 1 aromatic heterocycles. The summed E-state index contributed by atoms with van der Waals surface area (Å²) in [6.45, 7) is 0.472. The number of nitrogen functional groups attached to an aromatic ring is 1. The summed E-state index contributed by atoms with van der Waals surface area (Å²) < 4.78 is 4.94. The van der Waals surface area contributed by atoms with Gasteiger partial charge >= 0.3 is 5.97 Å². The number of anilines is 1. The van der Waals surface area contributed by atoms with Gasteiger partial charge in [0.15, 0.2) is 0 Å². The molecule has 1 aliphatic rings. The van der Waals surface area contributed by atoms with Crippen LogP contribution in [0.25, 0.3) is 0 Å². The smallest absolute Gasteiger partial charge is 0.375 e. The molecule has 6 heteroatoms. The third-order valence-corrected chi connectivity index (χ3v) is 1.84. The van der Waals surface area contributed by atoms with Gasteiger partial charge in [0.1, 0.15) is 0 Å². The molecule has 3 N–H and O–H groups in total. The zero-order chi connectivity index (χ0) is 9.26. The molecule has 1 fully saturated rings. The monoisotopic (exact) mass is 182 g/mol. The Labute approximate surface area is 74.5 Å². The van der Waals surface area contributed by atoms with Crippen molar-refractivity contribution in [1.29, 1.82) is 0 Å². The average molecular weight is 182 g/mol. The van der Waals surface area contributed by atoms with Crippen LogP contribution in [0.2, 0.25) is 0 Å². The van der Waals surface area contributed by atoms with Gasteiger partial charge in [0.25, 0.3) is 0 Å². The predicted octanol–water partition coefficient (Wildman–Crippen LogP) is -0.0463. The Kier molecular flexibility index (Phi) is 1.88. The Hall–Kier alpha value is -1.59. The Morgan fingerprint density at radius 1 is 1.69 bits per heavy atom. The fraction of sp³-hybridized carbons (Fsp3) is 0.571. The number of nitrogens with two attached hydrogens (primary N) is 1. The normalized spacial score (nSPS) is 15.7. The molecule has 0 unspecified atom stereocenters. The van der Waals surface area contributed by atoms with Crippen LogP contribution in [0.4, 0.5) is 5.95 Å². The first kappa shape index (κ1) is 8.03. The number of nitrogens with zero attached hydrogens (tertiary/aromatic N) is 2. The molecule has 1 heterocycles. The Bertz CT molecular complexity index is 318. The van der Waals surface area contributed by atoms with E-state index >= 15 is 0 Å². The molecule has 1 saturated carbocycles. The molecule has 0 atom stereocenters. The van der Waals surface area contributed by atoms with Gasteiger partial charge < -0.3 is 10.5 Å². The summed E-state index contributed by atoms with van der Waals surface area (Å²) in [4.78, 5) is 14.8. The van der Waals surface area contributed by atoms with E-state index in [1.54, 1.807) is 0 Å². The zero-order valence-corrected chi connectivity index (χ0v) is 6.99. The molecule has 0 saturated heterocycles. The number of esters is 1. The minimum atomic E-state index is -0.490. The summed E-state index contributed by atoms with van der Waals surface area (Å²) in [6, 6.07) is 0. The Morgan fingerprint density at radius 2 is 2.46 bits per heavy atom. The summed E-state index contributed by atoms with van der Waals surface area (Å²) in [7, 11) is 0. The minimum absolute atomic E-state index is 0.0540. The molecule has 0 aliphatic heterocycles. The lowest BCUT2D eigenvalue weighted by Gasteiger charge is -1.98. The van der Waals surface area contributed by atoms with Gasteiger partial charge in [-0.05, 0) is 18.8 Å². The summed E-state index contributed by atoms with van der Waals surface area (Å²) in [5.74, 6) is 0.178. The standard InChI is InChI=1S/C7H10N4O2/c8-7-9-5(10-11-7)6(12)13-3-4-1-2-4/h4H,1-3H2,(H3,8,9,10,11). The van der Waals surface area contributed by atoms with Crippen LogP contribution in [-0.4, -0.2) is 27.8 Å². The second kappa shape index (κ2) is 3.04.